The number of carbonyl (C=O) groups excluding carboxylic acids is 1. The van der Waals surface area contributed by atoms with Gasteiger partial charge in [0.05, 0.1) is 5.02 Å². The molecule has 0 bridgehead atoms. The molecule has 16 heavy (non-hydrogen) atoms. The molecule has 4 nitrogen and oxygen atoms in total. The van der Waals surface area contributed by atoms with Crippen molar-refractivity contribution in [1.29, 1.82) is 0 Å². The molecule has 0 aliphatic carbocycles. The van der Waals surface area contributed by atoms with Gasteiger partial charge in [0.15, 0.2) is 0 Å². The number of pyridine rings is 1. The van der Waals surface area contributed by atoms with Crippen molar-refractivity contribution in [3.8, 4) is 0 Å². The molecular formula is C11H16ClN3O. The van der Waals surface area contributed by atoms with Gasteiger partial charge >= 0.3 is 0 Å². The first-order chi connectivity index (χ1) is 7.63. The van der Waals surface area contributed by atoms with Gasteiger partial charge in [-0.15, -0.1) is 0 Å². The third-order valence-electron chi connectivity index (χ3n) is 2.27. The molecule has 1 aromatic rings. The molecule has 1 atom stereocenters. The largest absolute Gasteiger partial charge is 0.330 e. The van der Waals surface area contributed by atoms with E-state index in [0.717, 1.165) is 12.8 Å². The number of nitrogens with one attached hydrogen (secondary N) is 1. The second-order valence-electron chi connectivity index (χ2n) is 3.68. The first-order valence-electron chi connectivity index (χ1n) is 5.26. The van der Waals surface area contributed by atoms with Crippen molar-refractivity contribution in [1.82, 2.24) is 4.98 Å². The van der Waals surface area contributed by atoms with E-state index in [1.165, 1.54) is 6.20 Å². The number of aromatic nitrogens is 1. The Morgan fingerprint density at radius 2 is 2.38 bits per heavy atom. The molecule has 0 saturated carbocycles. The topological polar surface area (TPSA) is 68.0 Å². The lowest BCUT2D eigenvalue weighted by atomic mass is 10.1. The maximum atomic E-state index is 11.7. The molecule has 1 heterocycles. The quantitative estimate of drug-likeness (QED) is 0.829. The summed E-state index contributed by atoms with van der Waals surface area (Å²) in [7, 11) is 0. The van der Waals surface area contributed by atoms with Crippen molar-refractivity contribution in [3.05, 3.63) is 23.4 Å². The zero-order chi connectivity index (χ0) is 12.0. The fraction of sp³-hybridized carbons (Fsp3) is 0.455. The van der Waals surface area contributed by atoms with E-state index in [9.17, 15) is 4.79 Å². The maximum Gasteiger partial charge on any atom is 0.228 e. The second kappa shape index (κ2) is 6.45. The molecule has 0 saturated heterocycles. The van der Waals surface area contributed by atoms with E-state index in [1.54, 1.807) is 12.1 Å². The molecule has 0 aliphatic rings. The highest BCUT2D eigenvalue weighted by Crippen LogP contribution is 2.12. The Kier molecular flexibility index (Phi) is 5.22. The van der Waals surface area contributed by atoms with Crippen LogP contribution in [0.1, 0.15) is 19.8 Å². The number of nitrogens with zero attached hydrogens (tertiary/aromatic N) is 1. The number of rotatable bonds is 5. The lowest BCUT2D eigenvalue weighted by Gasteiger charge is -2.10. The first-order valence-corrected chi connectivity index (χ1v) is 5.63. The first kappa shape index (κ1) is 12.9. The van der Waals surface area contributed by atoms with Crippen LogP contribution in [0.25, 0.3) is 0 Å². The number of amides is 1. The van der Waals surface area contributed by atoms with Crippen molar-refractivity contribution < 1.29 is 4.79 Å². The molecule has 0 aromatic carbocycles. The van der Waals surface area contributed by atoms with Gasteiger partial charge in [0.25, 0.3) is 0 Å². The SMILES string of the molecule is CC(CCCN)C(=O)Nc1ccc(Cl)cn1. The van der Waals surface area contributed by atoms with E-state index < -0.39 is 0 Å². The van der Waals surface area contributed by atoms with Gasteiger partial charge in [0.1, 0.15) is 5.82 Å². The Morgan fingerprint density at radius 1 is 1.62 bits per heavy atom. The summed E-state index contributed by atoms with van der Waals surface area (Å²) in [6.45, 7) is 2.48. The summed E-state index contributed by atoms with van der Waals surface area (Å²) in [6.07, 6.45) is 3.14. The smallest absolute Gasteiger partial charge is 0.228 e. The monoisotopic (exact) mass is 241 g/mol. The van der Waals surface area contributed by atoms with Gasteiger partial charge in [-0.1, -0.05) is 18.5 Å². The highest BCUT2D eigenvalue weighted by molar-refractivity contribution is 6.30. The predicted octanol–water partition coefficient (Wildman–Crippen LogP) is 2.05. The zero-order valence-electron chi connectivity index (χ0n) is 9.24. The predicted molar refractivity (Wildman–Crippen MR) is 65.3 cm³/mol. The molecule has 3 N–H and O–H groups in total. The van der Waals surface area contributed by atoms with E-state index in [2.05, 4.69) is 10.3 Å². The van der Waals surface area contributed by atoms with Gasteiger partial charge in [-0.2, -0.15) is 0 Å². The average Bonchev–Trinajstić information content (AvgIpc) is 2.29. The summed E-state index contributed by atoms with van der Waals surface area (Å²) in [5.41, 5.74) is 5.39. The third-order valence-corrected chi connectivity index (χ3v) is 2.49. The van der Waals surface area contributed by atoms with Crippen molar-refractivity contribution in [2.75, 3.05) is 11.9 Å². The summed E-state index contributed by atoms with van der Waals surface area (Å²) in [5, 5.41) is 3.28. The molecule has 0 aliphatic heterocycles. The van der Waals surface area contributed by atoms with Crippen LogP contribution >= 0.6 is 11.6 Å². The summed E-state index contributed by atoms with van der Waals surface area (Å²) < 4.78 is 0. The Labute approximate surface area is 100 Å². The number of halogens is 1. The number of nitrogens with two attached hydrogens (primary N) is 1. The highest BCUT2D eigenvalue weighted by atomic mass is 35.5. The number of carbonyl (C=O) groups is 1. The Hall–Kier alpha value is -1.13. The molecule has 0 fully saturated rings. The average molecular weight is 242 g/mol. The van der Waals surface area contributed by atoms with Gasteiger partial charge in [-0.25, -0.2) is 4.98 Å². The van der Waals surface area contributed by atoms with E-state index in [4.69, 9.17) is 17.3 Å². The lowest BCUT2D eigenvalue weighted by molar-refractivity contribution is -0.119. The Bertz CT molecular complexity index is 340. The van der Waals surface area contributed by atoms with Crippen LogP contribution in [0.4, 0.5) is 5.82 Å². The van der Waals surface area contributed by atoms with Crippen LogP contribution in [0.2, 0.25) is 5.02 Å². The molecule has 1 rings (SSSR count). The molecule has 1 amide bonds. The summed E-state index contributed by atoms with van der Waals surface area (Å²) in [4.78, 5) is 15.7. The zero-order valence-corrected chi connectivity index (χ0v) is 10.00. The van der Waals surface area contributed by atoms with Crippen molar-refractivity contribution in [2.45, 2.75) is 19.8 Å². The van der Waals surface area contributed by atoms with E-state index in [1.807, 2.05) is 6.92 Å². The van der Waals surface area contributed by atoms with E-state index >= 15 is 0 Å². The molecule has 1 unspecified atom stereocenters. The van der Waals surface area contributed by atoms with E-state index in [-0.39, 0.29) is 11.8 Å². The van der Waals surface area contributed by atoms with Gasteiger partial charge < -0.3 is 11.1 Å². The molecular weight excluding hydrogens is 226 g/mol. The molecule has 0 radical (unpaired) electrons. The Balaban J connectivity index is 2.47. The van der Waals surface area contributed by atoms with Crippen LogP contribution in [0, 0.1) is 5.92 Å². The minimum absolute atomic E-state index is 0.0386. The van der Waals surface area contributed by atoms with Crippen molar-refractivity contribution in [3.63, 3.8) is 0 Å². The summed E-state index contributed by atoms with van der Waals surface area (Å²) >= 11 is 5.69. The minimum atomic E-state index is -0.0546. The number of anilines is 1. The number of hydrogen-bond donors (Lipinski definition) is 2. The summed E-state index contributed by atoms with van der Waals surface area (Å²) in [5.74, 6) is 0.429. The highest BCUT2D eigenvalue weighted by Gasteiger charge is 2.12. The van der Waals surface area contributed by atoms with E-state index in [0.29, 0.717) is 17.4 Å². The molecule has 88 valence electrons. The van der Waals surface area contributed by atoms with Crippen LogP contribution < -0.4 is 11.1 Å². The standard InChI is InChI=1S/C11H16ClN3O/c1-8(3-2-6-13)11(16)15-10-5-4-9(12)7-14-10/h4-5,7-8H,2-3,6,13H2,1H3,(H,14,15,16). The van der Waals surface area contributed by atoms with Crippen LogP contribution in [0.15, 0.2) is 18.3 Å². The third kappa shape index (κ3) is 4.16. The normalized spacial score (nSPS) is 12.2. The van der Waals surface area contributed by atoms with Gasteiger partial charge in [0.2, 0.25) is 5.91 Å². The van der Waals surface area contributed by atoms with Gasteiger partial charge in [0, 0.05) is 12.1 Å². The lowest BCUT2D eigenvalue weighted by Crippen LogP contribution is -2.21. The fourth-order valence-electron chi connectivity index (χ4n) is 1.25. The van der Waals surface area contributed by atoms with Gasteiger partial charge in [-0.3, -0.25) is 4.79 Å². The maximum absolute atomic E-state index is 11.7. The fourth-order valence-corrected chi connectivity index (χ4v) is 1.37. The second-order valence-corrected chi connectivity index (χ2v) is 4.12. The van der Waals surface area contributed by atoms with Crippen molar-refractivity contribution in [2.24, 2.45) is 11.7 Å². The van der Waals surface area contributed by atoms with Crippen LogP contribution in [-0.2, 0) is 4.79 Å². The molecule has 0 spiro atoms. The minimum Gasteiger partial charge on any atom is -0.330 e. The van der Waals surface area contributed by atoms with Gasteiger partial charge in [-0.05, 0) is 31.5 Å². The van der Waals surface area contributed by atoms with Crippen LogP contribution in [0.5, 0.6) is 0 Å². The van der Waals surface area contributed by atoms with Crippen LogP contribution in [-0.4, -0.2) is 17.4 Å². The Morgan fingerprint density at radius 3 is 2.94 bits per heavy atom. The molecule has 1 aromatic heterocycles. The molecule has 5 heteroatoms. The van der Waals surface area contributed by atoms with Crippen LogP contribution in [0.3, 0.4) is 0 Å². The number of hydrogen-bond acceptors (Lipinski definition) is 3. The van der Waals surface area contributed by atoms with Crippen molar-refractivity contribution >= 4 is 23.3 Å². The summed E-state index contributed by atoms with van der Waals surface area (Å²) in [6, 6.07) is 3.37.